The zero-order valence-corrected chi connectivity index (χ0v) is 11.4. The molecule has 0 atom stereocenters. The molecule has 2 rings (SSSR count). The fraction of sp³-hybridized carbons (Fsp3) is 0.312. The smallest absolute Gasteiger partial charge is 0.151 e. The molecular formula is C16H19NO. The van der Waals surface area contributed by atoms with Gasteiger partial charge >= 0.3 is 0 Å². The Morgan fingerprint density at radius 3 is 2.17 bits per heavy atom. The van der Waals surface area contributed by atoms with Crippen LogP contribution in [0.1, 0.15) is 47.1 Å². The van der Waals surface area contributed by atoms with Crippen LogP contribution in [0, 0.1) is 13.8 Å². The van der Waals surface area contributed by atoms with Crippen LogP contribution in [0.4, 0.5) is 0 Å². The van der Waals surface area contributed by atoms with E-state index in [0.717, 1.165) is 28.9 Å². The quantitative estimate of drug-likeness (QED) is 0.744. The zero-order valence-electron chi connectivity index (χ0n) is 11.4. The Hall–Kier alpha value is -1.83. The normalized spacial score (nSPS) is 10.9. The second kappa shape index (κ2) is 4.81. The maximum atomic E-state index is 11.0. The van der Waals surface area contributed by atoms with Gasteiger partial charge in [-0.3, -0.25) is 4.79 Å². The lowest BCUT2D eigenvalue weighted by atomic mass is 10.0. The van der Waals surface area contributed by atoms with Gasteiger partial charge in [0.05, 0.1) is 0 Å². The highest BCUT2D eigenvalue weighted by Crippen LogP contribution is 2.22. The molecular weight excluding hydrogens is 222 g/mol. The third-order valence-electron chi connectivity index (χ3n) is 3.42. The molecule has 0 fully saturated rings. The van der Waals surface area contributed by atoms with Gasteiger partial charge in [-0.05, 0) is 43.5 Å². The summed E-state index contributed by atoms with van der Waals surface area (Å²) in [5.41, 5.74) is 5.30. The average molecular weight is 241 g/mol. The first-order valence-corrected chi connectivity index (χ1v) is 6.29. The summed E-state index contributed by atoms with van der Waals surface area (Å²) in [4.78, 5) is 11.0. The summed E-state index contributed by atoms with van der Waals surface area (Å²) in [7, 11) is 0. The lowest BCUT2D eigenvalue weighted by Crippen LogP contribution is -2.00. The molecule has 0 aliphatic carbocycles. The fourth-order valence-electron chi connectivity index (χ4n) is 2.31. The molecule has 2 aromatic rings. The van der Waals surface area contributed by atoms with Gasteiger partial charge in [-0.1, -0.05) is 26.0 Å². The molecule has 0 aliphatic heterocycles. The lowest BCUT2D eigenvalue weighted by Gasteiger charge is -2.11. The number of nitrogens with zero attached hydrogens (tertiary/aromatic N) is 1. The monoisotopic (exact) mass is 241 g/mol. The second-order valence-electron chi connectivity index (χ2n) is 5.03. The lowest BCUT2D eigenvalue weighted by molar-refractivity contribution is 0.112. The summed E-state index contributed by atoms with van der Waals surface area (Å²) in [6.45, 7) is 8.38. The molecule has 0 spiro atoms. The van der Waals surface area contributed by atoms with Crippen molar-refractivity contribution in [2.45, 2.75) is 33.6 Å². The molecule has 94 valence electrons. The van der Waals surface area contributed by atoms with E-state index in [1.54, 1.807) is 0 Å². The third kappa shape index (κ3) is 2.10. The Labute approximate surface area is 108 Å². The Morgan fingerprint density at radius 1 is 1.11 bits per heavy atom. The highest BCUT2D eigenvalue weighted by atomic mass is 16.1. The van der Waals surface area contributed by atoms with Crippen LogP contribution in [0.5, 0.6) is 0 Å². The number of hydrogen-bond donors (Lipinski definition) is 0. The van der Waals surface area contributed by atoms with Crippen LogP contribution in [-0.2, 0) is 0 Å². The van der Waals surface area contributed by atoms with Gasteiger partial charge in [0, 0.05) is 22.6 Å². The number of aryl methyl sites for hydroxylation is 1. The van der Waals surface area contributed by atoms with Crippen LogP contribution in [0.2, 0.25) is 0 Å². The summed E-state index contributed by atoms with van der Waals surface area (Å²) in [5, 5.41) is 0. The van der Waals surface area contributed by atoms with Crippen LogP contribution in [0.25, 0.3) is 5.69 Å². The molecule has 0 aliphatic rings. The minimum atomic E-state index is 0.538. The van der Waals surface area contributed by atoms with Gasteiger partial charge in [0.2, 0.25) is 0 Å². The SMILES string of the molecule is Cc1cc(C=O)c(C)n1-c1ccc(C(C)C)cc1. The van der Waals surface area contributed by atoms with E-state index in [-0.39, 0.29) is 0 Å². The molecule has 1 aromatic heterocycles. The van der Waals surface area contributed by atoms with E-state index >= 15 is 0 Å². The van der Waals surface area contributed by atoms with E-state index in [4.69, 9.17) is 0 Å². The Balaban J connectivity index is 2.49. The van der Waals surface area contributed by atoms with Crippen molar-refractivity contribution in [3.63, 3.8) is 0 Å². The van der Waals surface area contributed by atoms with E-state index in [1.165, 1.54) is 5.56 Å². The molecule has 0 bridgehead atoms. The molecule has 2 heteroatoms. The van der Waals surface area contributed by atoms with Gasteiger partial charge in [0.15, 0.2) is 6.29 Å². The summed E-state index contributed by atoms with van der Waals surface area (Å²) >= 11 is 0. The van der Waals surface area contributed by atoms with Crippen LogP contribution < -0.4 is 0 Å². The van der Waals surface area contributed by atoms with Crippen molar-refractivity contribution in [3.05, 3.63) is 52.8 Å². The predicted molar refractivity (Wildman–Crippen MR) is 74.7 cm³/mol. The Bertz CT molecular complexity index is 562. The maximum absolute atomic E-state index is 11.0. The van der Waals surface area contributed by atoms with Crippen molar-refractivity contribution in [2.24, 2.45) is 0 Å². The van der Waals surface area contributed by atoms with Crippen molar-refractivity contribution in [1.82, 2.24) is 4.57 Å². The molecule has 0 radical (unpaired) electrons. The van der Waals surface area contributed by atoms with Gasteiger partial charge in [0.25, 0.3) is 0 Å². The number of hydrogen-bond acceptors (Lipinski definition) is 1. The standard InChI is InChI=1S/C16H19NO/c1-11(2)14-5-7-16(8-6-14)17-12(3)9-15(10-18)13(17)4/h5-11H,1-4H3. The summed E-state index contributed by atoms with van der Waals surface area (Å²) < 4.78 is 2.12. The molecule has 0 unspecified atom stereocenters. The van der Waals surface area contributed by atoms with Crippen LogP contribution >= 0.6 is 0 Å². The number of rotatable bonds is 3. The second-order valence-corrected chi connectivity index (χ2v) is 5.03. The molecule has 0 saturated carbocycles. The van der Waals surface area contributed by atoms with Gasteiger partial charge in [-0.15, -0.1) is 0 Å². The first-order chi connectivity index (χ1) is 8.54. The minimum Gasteiger partial charge on any atom is -0.318 e. The van der Waals surface area contributed by atoms with Crippen molar-refractivity contribution in [3.8, 4) is 5.69 Å². The Morgan fingerprint density at radius 2 is 1.72 bits per heavy atom. The van der Waals surface area contributed by atoms with Gasteiger partial charge in [0.1, 0.15) is 0 Å². The maximum Gasteiger partial charge on any atom is 0.151 e. The molecule has 1 heterocycles. The number of carbonyl (C=O) groups is 1. The van der Waals surface area contributed by atoms with Crippen molar-refractivity contribution in [2.75, 3.05) is 0 Å². The van der Waals surface area contributed by atoms with E-state index in [1.807, 2.05) is 19.9 Å². The molecule has 18 heavy (non-hydrogen) atoms. The van der Waals surface area contributed by atoms with Crippen molar-refractivity contribution < 1.29 is 4.79 Å². The van der Waals surface area contributed by atoms with Crippen LogP contribution in [0.15, 0.2) is 30.3 Å². The number of aromatic nitrogens is 1. The van der Waals surface area contributed by atoms with Gasteiger partial charge in [-0.2, -0.15) is 0 Å². The average Bonchev–Trinajstić information content (AvgIpc) is 2.64. The first kappa shape index (κ1) is 12.6. The highest BCUT2D eigenvalue weighted by Gasteiger charge is 2.10. The largest absolute Gasteiger partial charge is 0.318 e. The summed E-state index contributed by atoms with van der Waals surface area (Å²) in [6, 6.07) is 10.5. The van der Waals surface area contributed by atoms with Crippen molar-refractivity contribution in [1.29, 1.82) is 0 Å². The minimum absolute atomic E-state index is 0.538. The zero-order chi connectivity index (χ0) is 13.3. The number of benzene rings is 1. The molecule has 0 saturated heterocycles. The number of aldehydes is 1. The number of carbonyl (C=O) groups excluding carboxylic acids is 1. The summed E-state index contributed by atoms with van der Waals surface area (Å²) in [6.07, 6.45) is 0.918. The van der Waals surface area contributed by atoms with E-state index < -0.39 is 0 Å². The molecule has 1 aromatic carbocycles. The highest BCUT2D eigenvalue weighted by molar-refractivity contribution is 5.77. The van der Waals surface area contributed by atoms with Crippen LogP contribution in [0.3, 0.4) is 0 Å². The molecule has 0 N–H and O–H groups in total. The van der Waals surface area contributed by atoms with E-state index in [0.29, 0.717) is 5.92 Å². The fourth-order valence-corrected chi connectivity index (χ4v) is 2.31. The third-order valence-corrected chi connectivity index (χ3v) is 3.42. The molecule has 0 amide bonds. The van der Waals surface area contributed by atoms with E-state index in [9.17, 15) is 4.79 Å². The van der Waals surface area contributed by atoms with Gasteiger partial charge in [-0.25, -0.2) is 0 Å². The topological polar surface area (TPSA) is 22.0 Å². The van der Waals surface area contributed by atoms with Crippen LogP contribution in [-0.4, -0.2) is 10.9 Å². The van der Waals surface area contributed by atoms with E-state index in [2.05, 4.69) is 42.7 Å². The molecule has 2 nitrogen and oxygen atoms in total. The predicted octanol–water partition coefficient (Wildman–Crippen LogP) is 4.03. The summed E-state index contributed by atoms with van der Waals surface area (Å²) in [5.74, 6) is 0.538. The van der Waals surface area contributed by atoms with Gasteiger partial charge < -0.3 is 4.57 Å². The Kier molecular flexibility index (Phi) is 3.37. The van der Waals surface area contributed by atoms with Crippen molar-refractivity contribution >= 4 is 6.29 Å². The first-order valence-electron chi connectivity index (χ1n) is 6.29.